The molecule has 1 amide bonds. The van der Waals surface area contributed by atoms with Gasteiger partial charge in [-0.05, 0) is 38.7 Å². The molecule has 2 heterocycles. The van der Waals surface area contributed by atoms with Gasteiger partial charge in [0.25, 0.3) is 5.91 Å². The van der Waals surface area contributed by atoms with Crippen molar-refractivity contribution in [3.8, 4) is 0 Å². The average molecular weight is 356 g/mol. The second-order valence-corrected chi connectivity index (χ2v) is 9.48. The molecule has 0 unspecified atom stereocenters. The van der Waals surface area contributed by atoms with Crippen LogP contribution in [-0.2, 0) is 9.84 Å². The van der Waals surface area contributed by atoms with Crippen molar-refractivity contribution in [1.29, 1.82) is 0 Å². The maximum atomic E-state index is 13.1. The number of carbonyl (C=O) groups is 1. The number of aryl methyl sites for hydroxylation is 1. The van der Waals surface area contributed by atoms with Gasteiger partial charge in [0.1, 0.15) is 5.69 Å². The summed E-state index contributed by atoms with van der Waals surface area (Å²) in [6.45, 7) is 9.86. The average Bonchev–Trinajstić information content (AvgIpc) is 2.94. The van der Waals surface area contributed by atoms with E-state index in [4.69, 9.17) is 0 Å². The molecule has 0 radical (unpaired) electrons. The fourth-order valence-corrected chi connectivity index (χ4v) is 5.29. The summed E-state index contributed by atoms with van der Waals surface area (Å²) in [5.74, 6) is 0.234. The lowest BCUT2D eigenvalue weighted by Gasteiger charge is -2.30. The van der Waals surface area contributed by atoms with E-state index in [1.54, 1.807) is 11.8 Å². The first kappa shape index (κ1) is 19.0. The number of aliphatic hydroxyl groups excluding tert-OH is 1. The summed E-state index contributed by atoms with van der Waals surface area (Å²) in [5, 5.41) is 9.92. The number of aromatic nitrogens is 1. The van der Waals surface area contributed by atoms with Crippen LogP contribution in [0.1, 0.15) is 60.6 Å². The molecule has 0 bridgehead atoms. The molecule has 0 aliphatic carbocycles. The molecule has 0 saturated carbocycles. The number of hydrogen-bond acceptors (Lipinski definition) is 4. The Morgan fingerprint density at radius 2 is 1.96 bits per heavy atom. The number of nitrogens with one attached hydrogen (secondary N) is 1. The van der Waals surface area contributed by atoms with Gasteiger partial charge in [-0.15, -0.1) is 0 Å². The maximum absolute atomic E-state index is 13.1. The van der Waals surface area contributed by atoms with Crippen molar-refractivity contribution in [3.63, 3.8) is 0 Å². The van der Waals surface area contributed by atoms with Crippen molar-refractivity contribution >= 4 is 15.7 Å². The maximum Gasteiger partial charge on any atom is 0.270 e. The number of carbonyl (C=O) groups excluding carboxylic acids is 1. The highest BCUT2D eigenvalue weighted by Crippen LogP contribution is 2.27. The van der Waals surface area contributed by atoms with Crippen molar-refractivity contribution < 1.29 is 18.3 Å². The molecule has 136 valence electrons. The lowest BCUT2D eigenvalue weighted by molar-refractivity contribution is 0.0666. The Bertz CT molecular complexity index is 719. The highest BCUT2D eigenvalue weighted by atomic mass is 32.2. The molecule has 1 fully saturated rings. The number of rotatable bonds is 5. The molecular formula is C17H28N2O4S. The van der Waals surface area contributed by atoms with Gasteiger partial charge in [-0.3, -0.25) is 4.79 Å². The molecule has 2 rings (SSSR count). The van der Waals surface area contributed by atoms with E-state index in [-0.39, 0.29) is 29.4 Å². The predicted molar refractivity (Wildman–Crippen MR) is 93.8 cm³/mol. The number of aromatic amines is 1. The third kappa shape index (κ3) is 3.83. The number of sulfone groups is 1. The standard InChI is InChI=1S/C17H28N2O4S/c1-10(2)8-19(14-6-7-24(22,23)9-14)17(21)16-11(3)15(13(5)20)12(4)18-16/h10,13-14,18,20H,6-9H2,1-5H3/t13-,14+/m0/s1. The van der Waals surface area contributed by atoms with E-state index in [1.807, 2.05) is 27.7 Å². The second kappa shape index (κ2) is 6.88. The quantitative estimate of drug-likeness (QED) is 0.844. The van der Waals surface area contributed by atoms with Gasteiger partial charge in [-0.1, -0.05) is 13.8 Å². The van der Waals surface area contributed by atoms with E-state index in [0.29, 0.717) is 18.7 Å². The van der Waals surface area contributed by atoms with Gasteiger partial charge in [-0.25, -0.2) is 8.42 Å². The van der Waals surface area contributed by atoms with Crippen LogP contribution in [-0.4, -0.2) is 53.4 Å². The van der Waals surface area contributed by atoms with Gasteiger partial charge in [0.15, 0.2) is 9.84 Å². The molecular weight excluding hydrogens is 328 g/mol. The minimum absolute atomic E-state index is 0.0352. The molecule has 1 aromatic heterocycles. The zero-order valence-electron chi connectivity index (χ0n) is 15.1. The summed E-state index contributed by atoms with van der Waals surface area (Å²) >= 11 is 0. The Kier molecular flexibility index (Phi) is 5.44. The summed E-state index contributed by atoms with van der Waals surface area (Å²) in [6, 6.07) is -0.275. The summed E-state index contributed by atoms with van der Waals surface area (Å²) < 4.78 is 23.7. The fraction of sp³-hybridized carbons (Fsp3) is 0.706. The molecule has 2 atom stereocenters. The van der Waals surface area contributed by atoms with Crippen LogP contribution in [0.5, 0.6) is 0 Å². The van der Waals surface area contributed by atoms with E-state index in [0.717, 1.165) is 16.8 Å². The first-order valence-electron chi connectivity index (χ1n) is 8.42. The van der Waals surface area contributed by atoms with Crippen LogP contribution < -0.4 is 0 Å². The minimum Gasteiger partial charge on any atom is -0.389 e. The number of amides is 1. The third-order valence-corrected chi connectivity index (χ3v) is 6.35. The van der Waals surface area contributed by atoms with Crippen LogP contribution in [0.25, 0.3) is 0 Å². The van der Waals surface area contributed by atoms with Crippen molar-refractivity contribution in [2.45, 2.75) is 53.2 Å². The summed E-state index contributed by atoms with van der Waals surface area (Å²) in [4.78, 5) is 17.9. The van der Waals surface area contributed by atoms with Gasteiger partial charge >= 0.3 is 0 Å². The van der Waals surface area contributed by atoms with E-state index in [9.17, 15) is 18.3 Å². The van der Waals surface area contributed by atoms with E-state index < -0.39 is 15.9 Å². The third-order valence-electron chi connectivity index (χ3n) is 4.60. The first-order valence-corrected chi connectivity index (χ1v) is 10.2. The summed E-state index contributed by atoms with van der Waals surface area (Å²) in [5.41, 5.74) is 2.70. The molecule has 1 saturated heterocycles. The molecule has 6 nitrogen and oxygen atoms in total. The molecule has 2 N–H and O–H groups in total. The minimum atomic E-state index is -3.06. The van der Waals surface area contributed by atoms with Crippen LogP contribution >= 0.6 is 0 Å². The normalized spacial score (nSPS) is 21.2. The number of H-pyrrole nitrogens is 1. The Hall–Kier alpha value is -1.34. The second-order valence-electron chi connectivity index (χ2n) is 7.25. The fourth-order valence-electron chi connectivity index (χ4n) is 3.56. The Morgan fingerprint density at radius 1 is 1.33 bits per heavy atom. The Labute approximate surface area is 144 Å². The van der Waals surface area contributed by atoms with Gasteiger partial charge < -0.3 is 15.0 Å². The Balaban J connectivity index is 2.37. The van der Waals surface area contributed by atoms with Gasteiger partial charge in [0.05, 0.1) is 17.6 Å². The highest BCUT2D eigenvalue weighted by Gasteiger charge is 2.36. The summed E-state index contributed by atoms with van der Waals surface area (Å²) in [7, 11) is -3.06. The molecule has 7 heteroatoms. The van der Waals surface area contributed by atoms with E-state index >= 15 is 0 Å². The van der Waals surface area contributed by atoms with Crippen LogP contribution in [0.2, 0.25) is 0 Å². The largest absolute Gasteiger partial charge is 0.389 e. The lowest BCUT2D eigenvalue weighted by Crippen LogP contribution is -2.43. The zero-order chi connectivity index (χ0) is 18.2. The molecule has 24 heavy (non-hydrogen) atoms. The van der Waals surface area contributed by atoms with E-state index in [1.165, 1.54) is 0 Å². The SMILES string of the molecule is Cc1[nH]c(C(=O)N(CC(C)C)[C@@H]2CCS(=O)(=O)C2)c(C)c1[C@H](C)O. The van der Waals surface area contributed by atoms with Crippen LogP contribution in [0.15, 0.2) is 0 Å². The van der Waals surface area contributed by atoms with Gasteiger partial charge in [-0.2, -0.15) is 0 Å². The van der Waals surface area contributed by atoms with Crippen molar-refractivity contribution in [1.82, 2.24) is 9.88 Å². The molecule has 1 aromatic rings. The van der Waals surface area contributed by atoms with Gasteiger partial charge in [0.2, 0.25) is 0 Å². The van der Waals surface area contributed by atoms with E-state index in [2.05, 4.69) is 4.98 Å². The number of nitrogens with zero attached hydrogens (tertiary/aromatic N) is 1. The highest BCUT2D eigenvalue weighted by molar-refractivity contribution is 7.91. The topological polar surface area (TPSA) is 90.5 Å². The molecule has 1 aliphatic heterocycles. The smallest absolute Gasteiger partial charge is 0.270 e. The van der Waals surface area contributed by atoms with Crippen molar-refractivity contribution in [2.75, 3.05) is 18.1 Å². The molecule has 0 aromatic carbocycles. The Morgan fingerprint density at radius 3 is 2.38 bits per heavy atom. The van der Waals surface area contributed by atoms with Gasteiger partial charge in [0, 0.05) is 23.8 Å². The van der Waals surface area contributed by atoms with Crippen LogP contribution in [0.4, 0.5) is 0 Å². The van der Waals surface area contributed by atoms with Crippen LogP contribution in [0, 0.1) is 19.8 Å². The summed E-state index contributed by atoms with van der Waals surface area (Å²) in [6.07, 6.45) is -0.170. The van der Waals surface area contributed by atoms with Crippen LogP contribution in [0.3, 0.4) is 0 Å². The number of aliphatic hydroxyl groups is 1. The zero-order valence-corrected chi connectivity index (χ0v) is 15.9. The lowest BCUT2D eigenvalue weighted by atomic mass is 10.0. The monoisotopic (exact) mass is 356 g/mol. The molecule has 1 aliphatic rings. The number of hydrogen-bond donors (Lipinski definition) is 2. The molecule has 0 spiro atoms. The first-order chi connectivity index (χ1) is 11.0. The predicted octanol–water partition coefficient (Wildman–Crippen LogP) is 1.97. The van der Waals surface area contributed by atoms with Crippen molar-refractivity contribution in [2.24, 2.45) is 5.92 Å². The van der Waals surface area contributed by atoms with Crippen molar-refractivity contribution in [3.05, 3.63) is 22.5 Å².